The second-order valence-electron chi connectivity index (χ2n) is 4.33. The van der Waals surface area contributed by atoms with Crippen LogP contribution in [-0.4, -0.2) is 27.0 Å². The Balaban J connectivity index is 3.12. The molecule has 0 amide bonds. The molecule has 0 spiro atoms. The van der Waals surface area contributed by atoms with E-state index in [2.05, 4.69) is 10.3 Å². The maximum Gasteiger partial charge on any atom is 0.337 e. The van der Waals surface area contributed by atoms with Gasteiger partial charge in [-0.2, -0.15) is 0 Å². The average molecular weight is 253 g/mol. The fourth-order valence-corrected chi connectivity index (χ4v) is 1.20. The highest BCUT2D eigenvalue weighted by Gasteiger charge is 2.20. The summed E-state index contributed by atoms with van der Waals surface area (Å²) in [5, 5.41) is 22.6. The number of nitrogens with zero attached hydrogens (tertiary/aromatic N) is 2. The number of pyridine rings is 1. The molecule has 7 heteroatoms. The summed E-state index contributed by atoms with van der Waals surface area (Å²) >= 11 is 0. The van der Waals surface area contributed by atoms with Crippen LogP contribution >= 0.6 is 0 Å². The van der Waals surface area contributed by atoms with Crippen LogP contribution in [0.1, 0.15) is 31.1 Å². The van der Waals surface area contributed by atoms with E-state index in [1.807, 2.05) is 20.8 Å². The van der Waals surface area contributed by atoms with E-state index in [9.17, 15) is 14.9 Å². The van der Waals surface area contributed by atoms with Gasteiger partial charge in [-0.3, -0.25) is 10.1 Å². The summed E-state index contributed by atoms with van der Waals surface area (Å²) in [6, 6.07) is 0.997. The van der Waals surface area contributed by atoms with Crippen molar-refractivity contribution in [3.8, 4) is 0 Å². The normalized spacial score (nSPS) is 12.2. The van der Waals surface area contributed by atoms with Gasteiger partial charge in [0.05, 0.1) is 10.5 Å². The van der Waals surface area contributed by atoms with Crippen LogP contribution in [0.2, 0.25) is 0 Å². The Morgan fingerprint density at radius 3 is 2.56 bits per heavy atom. The van der Waals surface area contributed by atoms with Crippen molar-refractivity contribution in [2.75, 3.05) is 5.32 Å². The molecule has 0 aliphatic heterocycles. The molecule has 1 aromatic heterocycles. The zero-order chi connectivity index (χ0) is 13.9. The SMILES string of the molecule is CC(C)C(C)Nc1ncc(C(=O)O)cc1[N+](=O)[O-]. The third kappa shape index (κ3) is 3.16. The number of nitro groups is 1. The number of anilines is 1. The first kappa shape index (κ1) is 13.9. The predicted octanol–water partition coefficient (Wildman–Crippen LogP) is 2.14. The van der Waals surface area contributed by atoms with Gasteiger partial charge in [0, 0.05) is 18.3 Å². The summed E-state index contributed by atoms with van der Waals surface area (Å²) in [5.41, 5.74) is -0.535. The van der Waals surface area contributed by atoms with E-state index in [-0.39, 0.29) is 29.0 Å². The number of aromatic nitrogens is 1. The van der Waals surface area contributed by atoms with Gasteiger partial charge < -0.3 is 10.4 Å². The number of rotatable bonds is 5. The van der Waals surface area contributed by atoms with E-state index in [0.717, 1.165) is 12.3 Å². The van der Waals surface area contributed by atoms with Crippen molar-refractivity contribution in [3.05, 3.63) is 27.9 Å². The molecule has 7 nitrogen and oxygen atoms in total. The molecule has 18 heavy (non-hydrogen) atoms. The summed E-state index contributed by atoms with van der Waals surface area (Å²) in [6.45, 7) is 5.81. The molecule has 1 aromatic rings. The molecule has 0 aliphatic carbocycles. The molecule has 98 valence electrons. The van der Waals surface area contributed by atoms with Gasteiger partial charge in [0.25, 0.3) is 0 Å². The first-order valence-corrected chi connectivity index (χ1v) is 5.47. The molecule has 0 aromatic carbocycles. The Bertz CT molecular complexity index is 473. The number of hydrogen-bond donors (Lipinski definition) is 2. The Morgan fingerprint density at radius 1 is 1.50 bits per heavy atom. The first-order valence-electron chi connectivity index (χ1n) is 5.47. The van der Waals surface area contributed by atoms with Gasteiger partial charge in [-0.05, 0) is 12.8 Å². The van der Waals surface area contributed by atoms with Gasteiger partial charge in [0.15, 0.2) is 0 Å². The minimum absolute atomic E-state index is 0.00752. The Kier molecular flexibility index (Phi) is 4.19. The highest BCUT2D eigenvalue weighted by molar-refractivity contribution is 5.88. The van der Waals surface area contributed by atoms with Gasteiger partial charge in [0.2, 0.25) is 5.82 Å². The standard InChI is InChI=1S/C11H15N3O4/c1-6(2)7(3)13-10-9(14(17)18)4-8(5-12-10)11(15)16/h4-7H,1-3H3,(H,12,13)(H,15,16). The van der Waals surface area contributed by atoms with Crippen LogP contribution in [0.25, 0.3) is 0 Å². The largest absolute Gasteiger partial charge is 0.478 e. The van der Waals surface area contributed by atoms with Crippen LogP contribution in [0.5, 0.6) is 0 Å². The van der Waals surface area contributed by atoms with Crippen LogP contribution in [0.15, 0.2) is 12.3 Å². The number of nitrogens with one attached hydrogen (secondary N) is 1. The fourth-order valence-electron chi connectivity index (χ4n) is 1.20. The lowest BCUT2D eigenvalue weighted by Gasteiger charge is -2.17. The van der Waals surface area contributed by atoms with Crippen molar-refractivity contribution in [3.63, 3.8) is 0 Å². The average Bonchev–Trinajstić information content (AvgIpc) is 2.28. The van der Waals surface area contributed by atoms with Crippen LogP contribution in [0.4, 0.5) is 11.5 Å². The van der Waals surface area contributed by atoms with Crippen LogP contribution < -0.4 is 5.32 Å². The summed E-state index contributed by atoms with van der Waals surface area (Å²) in [6.07, 6.45) is 1.10. The molecule has 0 saturated heterocycles. The lowest BCUT2D eigenvalue weighted by atomic mass is 10.1. The van der Waals surface area contributed by atoms with Crippen molar-refractivity contribution >= 4 is 17.5 Å². The molecular formula is C11H15N3O4. The molecule has 0 saturated carbocycles. The Morgan fingerprint density at radius 2 is 2.11 bits per heavy atom. The van der Waals surface area contributed by atoms with Crippen LogP contribution in [0, 0.1) is 16.0 Å². The number of carbonyl (C=O) groups is 1. The number of aromatic carboxylic acids is 1. The van der Waals surface area contributed by atoms with Crippen molar-refractivity contribution < 1.29 is 14.8 Å². The third-order valence-corrected chi connectivity index (χ3v) is 2.68. The van der Waals surface area contributed by atoms with Crippen molar-refractivity contribution in [1.29, 1.82) is 0 Å². The van der Waals surface area contributed by atoms with Crippen LogP contribution in [0.3, 0.4) is 0 Å². The van der Waals surface area contributed by atoms with E-state index in [4.69, 9.17) is 5.11 Å². The van der Waals surface area contributed by atoms with Crippen molar-refractivity contribution in [1.82, 2.24) is 4.98 Å². The monoisotopic (exact) mass is 253 g/mol. The fraction of sp³-hybridized carbons (Fsp3) is 0.455. The molecule has 0 aliphatic rings. The summed E-state index contributed by atoms with van der Waals surface area (Å²) in [7, 11) is 0. The van der Waals surface area contributed by atoms with Crippen LogP contribution in [-0.2, 0) is 0 Å². The molecule has 2 N–H and O–H groups in total. The lowest BCUT2D eigenvalue weighted by molar-refractivity contribution is -0.384. The highest BCUT2D eigenvalue weighted by atomic mass is 16.6. The van der Waals surface area contributed by atoms with Gasteiger partial charge in [-0.15, -0.1) is 0 Å². The van der Waals surface area contributed by atoms with E-state index in [1.54, 1.807) is 0 Å². The molecule has 0 radical (unpaired) electrons. The summed E-state index contributed by atoms with van der Waals surface area (Å²) in [4.78, 5) is 24.8. The third-order valence-electron chi connectivity index (χ3n) is 2.68. The number of carboxylic acid groups (broad SMARTS) is 1. The van der Waals surface area contributed by atoms with Crippen molar-refractivity contribution in [2.45, 2.75) is 26.8 Å². The number of carboxylic acids is 1. The smallest absolute Gasteiger partial charge is 0.337 e. The second-order valence-corrected chi connectivity index (χ2v) is 4.33. The van der Waals surface area contributed by atoms with E-state index >= 15 is 0 Å². The lowest BCUT2D eigenvalue weighted by Crippen LogP contribution is -2.23. The van der Waals surface area contributed by atoms with E-state index in [1.165, 1.54) is 0 Å². The molecule has 1 atom stereocenters. The Labute approximate surface area is 104 Å². The van der Waals surface area contributed by atoms with Gasteiger partial charge in [0.1, 0.15) is 0 Å². The second kappa shape index (κ2) is 5.44. The summed E-state index contributed by atoms with van der Waals surface area (Å²) < 4.78 is 0. The van der Waals surface area contributed by atoms with Gasteiger partial charge in [-0.1, -0.05) is 13.8 Å². The number of hydrogen-bond acceptors (Lipinski definition) is 5. The molecule has 1 heterocycles. The quantitative estimate of drug-likeness (QED) is 0.615. The minimum atomic E-state index is -1.24. The van der Waals surface area contributed by atoms with Gasteiger partial charge >= 0.3 is 11.7 Å². The predicted molar refractivity (Wildman–Crippen MR) is 65.8 cm³/mol. The maximum absolute atomic E-state index is 10.9. The molecule has 1 rings (SSSR count). The zero-order valence-corrected chi connectivity index (χ0v) is 10.4. The minimum Gasteiger partial charge on any atom is -0.478 e. The summed E-state index contributed by atoms with van der Waals surface area (Å²) in [5.74, 6) is -0.884. The molecule has 0 bridgehead atoms. The molecular weight excluding hydrogens is 238 g/mol. The Hall–Kier alpha value is -2.18. The van der Waals surface area contributed by atoms with Crippen molar-refractivity contribution in [2.24, 2.45) is 5.92 Å². The van der Waals surface area contributed by atoms with E-state index < -0.39 is 10.9 Å². The maximum atomic E-state index is 10.9. The molecule has 0 fully saturated rings. The topological polar surface area (TPSA) is 105 Å². The first-order chi connectivity index (χ1) is 8.32. The van der Waals surface area contributed by atoms with E-state index in [0.29, 0.717) is 0 Å². The highest BCUT2D eigenvalue weighted by Crippen LogP contribution is 2.24. The van der Waals surface area contributed by atoms with Gasteiger partial charge in [-0.25, -0.2) is 9.78 Å². The zero-order valence-electron chi connectivity index (χ0n) is 10.4. The molecule has 1 unspecified atom stereocenters.